The third kappa shape index (κ3) is 2.15. The molecule has 0 bridgehead atoms. The summed E-state index contributed by atoms with van der Waals surface area (Å²) in [7, 11) is 0. The molecule has 0 aliphatic rings. The quantitative estimate of drug-likeness (QED) is 0.740. The van der Waals surface area contributed by atoms with Gasteiger partial charge in [0.1, 0.15) is 19.3 Å². The van der Waals surface area contributed by atoms with Crippen LogP contribution in [0.3, 0.4) is 0 Å². The average molecular weight is 242 g/mol. The van der Waals surface area contributed by atoms with Gasteiger partial charge in [-0.2, -0.15) is 10.2 Å². The minimum Gasteiger partial charge on any atom is -0.219 e. The van der Waals surface area contributed by atoms with E-state index in [-0.39, 0.29) is 0 Å². The number of nitrogens with zero attached hydrogens (tertiary/aromatic N) is 6. The predicted molar refractivity (Wildman–Crippen MR) is 59.0 cm³/mol. The highest BCUT2D eigenvalue weighted by molar-refractivity contribution is 7.98. The number of rotatable bonds is 4. The Hall–Kier alpha value is -1.02. The maximum Gasteiger partial charge on any atom is 0.187 e. The highest BCUT2D eigenvalue weighted by Gasteiger charge is 2.07. The number of hydrogen-bond donors (Lipinski definition) is 0. The maximum atomic E-state index is 4.12. The second kappa shape index (κ2) is 4.67. The van der Waals surface area contributed by atoms with Gasteiger partial charge in [-0.1, -0.05) is 23.5 Å². The Morgan fingerprint density at radius 2 is 1.47 bits per heavy atom. The lowest BCUT2D eigenvalue weighted by Crippen LogP contribution is -2.12. The Bertz CT molecular complexity index is 396. The first-order valence-electron chi connectivity index (χ1n) is 4.18. The van der Waals surface area contributed by atoms with Crippen LogP contribution in [0.1, 0.15) is 0 Å². The molecule has 0 aliphatic heterocycles. The van der Waals surface area contributed by atoms with Crippen molar-refractivity contribution in [3.8, 4) is 0 Å². The molecule has 0 spiro atoms. The van der Waals surface area contributed by atoms with Crippen molar-refractivity contribution in [1.82, 2.24) is 29.5 Å². The van der Waals surface area contributed by atoms with Crippen LogP contribution in [0, 0.1) is 0 Å². The summed E-state index contributed by atoms with van der Waals surface area (Å²) in [5.74, 6) is 0. The molecule has 0 saturated carbocycles. The van der Waals surface area contributed by atoms with E-state index >= 15 is 0 Å². The van der Waals surface area contributed by atoms with E-state index in [1.807, 2.05) is 12.5 Å². The van der Waals surface area contributed by atoms with Gasteiger partial charge in [-0.3, -0.25) is 0 Å². The molecule has 2 rings (SSSR count). The van der Waals surface area contributed by atoms with Crippen LogP contribution in [0.2, 0.25) is 0 Å². The Balaban J connectivity index is 2.21. The van der Waals surface area contributed by atoms with Crippen molar-refractivity contribution in [3.63, 3.8) is 0 Å². The molecule has 80 valence electrons. The Kier molecular flexibility index (Phi) is 3.27. The van der Waals surface area contributed by atoms with Crippen LogP contribution in [0.15, 0.2) is 23.0 Å². The van der Waals surface area contributed by atoms with Crippen molar-refractivity contribution in [2.24, 2.45) is 0 Å². The largest absolute Gasteiger partial charge is 0.219 e. The monoisotopic (exact) mass is 242 g/mol. The fourth-order valence-corrected chi connectivity index (χ4v) is 2.08. The van der Waals surface area contributed by atoms with E-state index in [1.54, 1.807) is 45.5 Å². The van der Waals surface area contributed by atoms with Crippen molar-refractivity contribution in [1.29, 1.82) is 0 Å². The Labute approximate surface area is 95.5 Å². The van der Waals surface area contributed by atoms with E-state index in [0.29, 0.717) is 6.67 Å². The van der Waals surface area contributed by atoms with Gasteiger partial charge in [0.2, 0.25) is 0 Å². The first kappa shape index (κ1) is 10.5. The molecule has 15 heavy (non-hydrogen) atoms. The van der Waals surface area contributed by atoms with Gasteiger partial charge in [0.15, 0.2) is 10.3 Å². The molecule has 0 fully saturated rings. The minimum absolute atomic E-state index is 0.548. The minimum atomic E-state index is 0.548. The molecule has 2 heterocycles. The van der Waals surface area contributed by atoms with Crippen LogP contribution in [0.4, 0.5) is 0 Å². The molecule has 0 aliphatic carbocycles. The summed E-state index contributed by atoms with van der Waals surface area (Å²) in [6, 6.07) is 0. The number of aromatic nitrogens is 6. The predicted octanol–water partition coefficient (Wildman–Crippen LogP) is 0.819. The zero-order valence-electron chi connectivity index (χ0n) is 8.36. The molecule has 0 N–H and O–H groups in total. The summed E-state index contributed by atoms with van der Waals surface area (Å²) in [5, 5.41) is 9.99. The van der Waals surface area contributed by atoms with Crippen molar-refractivity contribution >= 4 is 23.5 Å². The van der Waals surface area contributed by atoms with Crippen LogP contribution in [-0.4, -0.2) is 42.0 Å². The van der Waals surface area contributed by atoms with Crippen molar-refractivity contribution < 1.29 is 0 Å². The first-order valence-corrected chi connectivity index (χ1v) is 6.63. The summed E-state index contributed by atoms with van der Waals surface area (Å²) in [5.41, 5.74) is 0. The molecule has 0 unspecified atom stereocenters. The van der Waals surface area contributed by atoms with Gasteiger partial charge in [0, 0.05) is 0 Å². The zero-order valence-corrected chi connectivity index (χ0v) is 9.99. The molecule has 6 nitrogen and oxygen atoms in total. The zero-order chi connectivity index (χ0) is 10.7. The van der Waals surface area contributed by atoms with Gasteiger partial charge in [-0.25, -0.2) is 19.3 Å². The van der Waals surface area contributed by atoms with Gasteiger partial charge in [-0.15, -0.1) is 0 Å². The van der Waals surface area contributed by atoms with Gasteiger partial charge in [-0.05, 0) is 12.5 Å². The second-order valence-electron chi connectivity index (χ2n) is 2.63. The summed E-state index contributed by atoms with van der Waals surface area (Å²) in [6.45, 7) is 0.548. The van der Waals surface area contributed by atoms with Crippen molar-refractivity contribution in [3.05, 3.63) is 12.7 Å². The van der Waals surface area contributed by atoms with E-state index in [2.05, 4.69) is 20.2 Å². The molecule has 0 amide bonds. The fourth-order valence-electron chi connectivity index (χ4n) is 1.14. The van der Waals surface area contributed by atoms with E-state index in [1.165, 1.54) is 0 Å². The van der Waals surface area contributed by atoms with Crippen LogP contribution in [0.25, 0.3) is 0 Å². The van der Waals surface area contributed by atoms with E-state index in [9.17, 15) is 0 Å². The first-order chi connectivity index (χ1) is 7.35. The molecule has 2 aromatic rings. The number of hydrogen-bond acceptors (Lipinski definition) is 6. The number of thioether (sulfide) groups is 2. The molecular formula is C7H10N6S2. The molecule has 8 heteroatoms. The summed E-state index contributed by atoms with van der Waals surface area (Å²) in [4.78, 5) is 8.23. The second-order valence-corrected chi connectivity index (χ2v) is 4.18. The smallest absolute Gasteiger partial charge is 0.187 e. The van der Waals surface area contributed by atoms with Crippen molar-refractivity contribution in [2.45, 2.75) is 17.0 Å². The average Bonchev–Trinajstić information content (AvgIpc) is 2.87. The van der Waals surface area contributed by atoms with Crippen LogP contribution in [0.5, 0.6) is 0 Å². The Morgan fingerprint density at radius 1 is 1.00 bits per heavy atom. The molecule has 0 atom stereocenters. The molecular weight excluding hydrogens is 232 g/mol. The van der Waals surface area contributed by atoms with E-state index in [4.69, 9.17) is 0 Å². The molecule has 0 aromatic carbocycles. The fraction of sp³-hybridized carbons (Fsp3) is 0.429. The van der Waals surface area contributed by atoms with Crippen LogP contribution in [-0.2, 0) is 6.67 Å². The topological polar surface area (TPSA) is 61.4 Å². The molecule has 0 radical (unpaired) electrons. The lowest BCUT2D eigenvalue weighted by Gasteiger charge is -2.05. The summed E-state index contributed by atoms with van der Waals surface area (Å²) in [6.07, 6.45) is 7.03. The highest BCUT2D eigenvalue weighted by atomic mass is 32.2. The van der Waals surface area contributed by atoms with E-state index < -0.39 is 0 Å². The van der Waals surface area contributed by atoms with Crippen LogP contribution < -0.4 is 0 Å². The Morgan fingerprint density at radius 3 is 1.87 bits per heavy atom. The lowest BCUT2D eigenvalue weighted by molar-refractivity contribution is 0.440. The van der Waals surface area contributed by atoms with Crippen LogP contribution >= 0.6 is 23.5 Å². The highest BCUT2D eigenvalue weighted by Crippen LogP contribution is 2.13. The van der Waals surface area contributed by atoms with E-state index in [0.717, 1.165) is 10.3 Å². The van der Waals surface area contributed by atoms with Gasteiger partial charge in [0.25, 0.3) is 0 Å². The standard InChI is InChI=1S/C7H10N6S2/c1-14-6-8-3-10-12(6)5-13-7(15-2)9-4-11-13/h3-4H,5H2,1-2H3. The third-order valence-corrected chi connectivity index (χ3v) is 3.16. The van der Waals surface area contributed by atoms with Gasteiger partial charge in [0.05, 0.1) is 0 Å². The molecule has 2 aromatic heterocycles. The normalized spacial score (nSPS) is 10.8. The lowest BCUT2D eigenvalue weighted by atomic mass is 11.0. The van der Waals surface area contributed by atoms with Crippen molar-refractivity contribution in [2.75, 3.05) is 12.5 Å². The van der Waals surface area contributed by atoms with Gasteiger partial charge >= 0.3 is 0 Å². The third-order valence-electron chi connectivity index (χ3n) is 1.79. The molecule has 0 saturated heterocycles. The SMILES string of the molecule is CSc1ncnn1Cn1ncnc1SC. The summed E-state index contributed by atoms with van der Waals surface area (Å²) >= 11 is 3.12. The van der Waals surface area contributed by atoms with Gasteiger partial charge < -0.3 is 0 Å². The summed E-state index contributed by atoms with van der Waals surface area (Å²) < 4.78 is 3.58. The maximum absolute atomic E-state index is 4.12.